The first-order chi connectivity index (χ1) is 9.45. The van der Waals surface area contributed by atoms with E-state index in [0.717, 1.165) is 0 Å². The molecular formula is C13H17N3O4. The third kappa shape index (κ3) is 2.43. The molecule has 0 radical (unpaired) electrons. The molecule has 1 aromatic heterocycles. The first kappa shape index (κ1) is 14.2. The number of aryl methyl sites for hydroxylation is 1. The molecule has 1 fully saturated rings. The molecule has 1 N–H and O–H groups in total. The number of aromatic nitrogens is 2. The van der Waals surface area contributed by atoms with Gasteiger partial charge in [0.05, 0.1) is 18.7 Å². The second-order valence-corrected chi connectivity index (χ2v) is 4.90. The molecule has 1 saturated heterocycles. The normalized spacial score (nSPS) is 18.1. The molecule has 0 saturated carbocycles. The lowest BCUT2D eigenvalue weighted by atomic mass is 10.1. The van der Waals surface area contributed by atoms with Crippen LogP contribution in [0.5, 0.6) is 0 Å². The summed E-state index contributed by atoms with van der Waals surface area (Å²) < 4.78 is 4.68. The van der Waals surface area contributed by atoms with Crippen LogP contribution in [0.1, 0.15) is 28.0 Å². The number of carbonyl (C=O) groups excluding carboxylic acids is 2. The second-order valence-electron chi connectivity index (χ2n) is 4.90. The molecule has 0 aromatic carbocycles. The number of nitrogens with one attached hydrogen (secondary N) is 1. The quantitative estimate of drug-likeness (QED) is 0.771. The molecule has 0 bridgehead atoms. The van der Waals surface area contributed by atoms with Crippen LogP contribution in [-0.2, 0) is 9.53 Å². The van der Waals surface area contributed by atoms with Crippen molar-refractivity contribution < 1.29 is 14.3 Å². The van der Waals surface area contributed by atoms with Gasteiger partial charge in [0, 0.05) is 13.1 Å². The number of aromatic amines is 1. The molecule has 7 heteroatoms. The van der Waals surface area contributed by atoms with Crippen LogP contribution in [0, 0.1) is 19.8 Å². The SMILES string of the molecule is COC(=O)C1CCN(C(=O)c2c(C)c(C)n[nH]c2=O)C1. The van der Waals surface area contributed by atoms with E-state index in [1.807, 2.05) is 0 Å². The Morgan fingerprint density at radius 1 is 1.40 bits per heavy atom. The first-order valence-corrected chi connectivity index (χ1v) is 6.38. The molecule has 2 rings (SSSR count). The standard InChI is InChI=1S/C13H17N3O4/c1-7-8(2)14-15-11(17)10(7)12(18)16-5-4-9(6-16)13(19)20-3/h9H,4-6H2,1-3H3,(H,15,17). The highest BCUT2D eigenvalue weighted by Crippen LogP contribution is 2.20. The summed E-state index contributed by atoms with van der Waals surface area (Å²) in [4.78, 5) is 37.2. The van der Waals surface area contributed by atoms with E-state index in [0.29, 0.717) is 24.2 Å². The van der Waals surface area contributed by atoms with E-state index < -0.39 is 5.56 Å². The summed E-state index contributed by atoms with van der Waals surface area (Å²) in [6, 6.07) is 0. The van der Waals surface area contributed by atoms with Crippen LogP contribution in [0.25, 0.3) is 0 Å². The van der Waals surface area contributed by atoms with Crippen molar-refractivity contribution in [1.29, 1.82) is 0 Å². The highest BCUT2D eigenvalue weighted by atomic mass is 16.5. The zero-order chi connectivity index (χ0) is 14.9. The smallest absolute Gasteiger partial charge is 0.310 e. The monoisotopic (exact) mass is 279 g/mol. The average molecular weight is 279 g/mol. The molecule has 1 unspecified atom stereocenters. The van der Waals surface area contributed by atoms with Gasteiger partial charge in [0.2, 0.25) is 0 Å². The number of hydrogen-bond donors (Lipinski definition) is 1. The van der Waals surface area contributed by atoms with Crippen molar-refractivity contribution in [3.63, 3.8) is 0 Å². The molecule has 2 heterocycles. The van der Waals surface area contributed by atoms with Crippen LogP contribution in [0.3, 0.4) is 0 Å². The number of esters is 1. The Balaban J connectivity index is 2.24. The largest absolute Gasteiger partial charge is 0.469 e. The van der Waals surface area contributed by atoms with Crippen molar-refractivity contribution in [2.24, 2.45) is 5.92 Å². The summed E-state index contributed by atoms with van der Waals surface area (Å²) in [5.41, 5.74) is 0.777. The molecule has 1 aliphatic heterocycles. The lowest BCUT2D eigenvalue weighted by Crippen LogP contribution is -2.35. The minimum Gasteiger partial charge on any atom is -0.469 e. The molecule has 108 valence electrons. The molecule has 7 nitrogen and oxygen atoms in total. The lowest BCUT2D eigenvalue weighted by Gasteiger charge is -2.17. The summed E-state index contributed by atoms with van der Waals surface area (Å²) in [5, 5.41) is 6.14. The average Bonchev–Trinajstić information content (AvgIpc) is 2.92. The van der Waals surface area contributed by atoms with Crippen LogP contribution >= 0.6 is 0 Å². The molecule has 1 amide bonds. The summed E-state index contributed by atoms with van der Waals surface area (Å²) in [6.07, 6.45) is 0.555. The summed E-state index contributed by atoms with van der Waals surface area (Å²) >= 11 is 0. The number of nitrogens with zero attached hydrogens (tertiary/aromatic N) is 2. The van der Waals surface area contributed by atoms with Crippen molar-refractivity contribution in [2.75, 3.05) is 20.2 Å². The molecule has 1 aliphatic rings. The molecule has 20 heavy (non-hydrogen) atoms. The van der Waals surface area contributed by atoms with Gasteiger partial charge in [-0.25, -0.2) is 5.10 Å². The van der Waals surface area contributed by atoms with E-state index in [9.17, 15) is 14.4 Å². The van der Waals surface area contributed by atoms with Gasteiger partial charge in [0.15, 0.2) is 0 Å². The second kappa shape index (κ2) is 5.44. The Morgan fingerprint density at radius 3 is 2.75 bits per heavy atom. The summed E-state index contributed by atoms with van der Waals surface area (Å²) in [5.74, 6) is -0.997. The van der Waals surface area contributed by atoms with Gasteiger partial charge in [-0.05, 0) is 25.8 Å². The topological polar surface area (TPSA) is 92.4 Å². The first-order valence-electron chi connectivity index (χ1n) is 6.38. The number of carbonyl (C=O) groups is 2. The Kier molecular flexibility index (Phi) is 3.87. The number of likely N-dealkylation sites (tertiary alicyclic amines) is 1. The fraction of sp³-hybridized carbons (Fsp3) is 0.538. The highest BCUT2D eigenvalue weighted by molar-refractivity contribution is 5.96. The number of methoxy groups -OCH3 is 1. The maximum Gasteiger partial charge on any atom is 0.310 e. The van der Waals surface area contributed by atoms with Crippen molar-refractivity contribution in [1.82, 2.24) is 15.1 Å². The van der Waals surface area contributed by atoms with Gasteiger partial charge in [0.25, 0.3) is 11.5 Å². The summed E-state index contributed by atoms with van der Waals surface area (Å²) in [6.45, 7) is 4.15. The van der Waals surface area contributed by atoms with Crippen LogP contribution in [-0.4, -0.2) is 47.2 Å². The van der Waals surface area contributed by atoms with Gasteiger partial charge in [-0.2, -0.15) is 5.10 Å². The van der Waals surface area contributed by atoms with Crippen molar-refractivity contribution >= 4 is 11.9 Å². The van der Waals surface area contributed by atoms with E-state index in [1.165, 1.54) is 12.0 Å². The lowest BCUT2D eigenvalue weighted by molar-refractivity contribution is -0.144. The van der Waals surface area contributed by atoms with Gasteiger partial charge < -0.3 is 9.64 Å². The fourth-order valence-electron chi connectivity index (χ4n) is 2.35. The van der Waals surface area contributed by atoms with Crippen LogP contribution in [0.15, 0.2) is 4.79 Å². The third-order valence-electron chi connectivity index (χ3n) is 3.69. The van der Waals surface area contributed by atoms with Gasteiger partial charge in [-0.1, -0.05) is 0 Å². The van der Waals surface area contributed by atoms with E-state index in [4.69, 9.17) is 0 Å². The number of amides is 1. The van der Waals surface area contributed by atoms with E-state index in [1.54, 1.807) is 13.8 Å². The minimum atomic E-state index is -0.500. The zero-order valence-corrected chi connectivity index (χ0v) is 11.7. The summed E-state index contributed by atoms with van der Waals surface area (Å²) in [7, 11) is 1.33. The number of rotatable bonds is 2. The van der Waals surface area contributed by atoms with Gasteiger partial charge >= 0.3 is 5.97 Å². The van der Waals surface area contributed by atoms with Crippen molar-refractivity contribution in [2.45, 2.75) is 20.3 Å². The maximum atomic E-state index is 12.4. The predicted octanol–water partition coefficient (Wildman–Crippen LogP) is 0.0218. The highest BCUT2D eigenvalue weighted by Gasteiger charge is 2.33. The van der Waals surface area contributed by atoms with Crippen molar-refractivity contribution in [3.05, 3.63) is 27.2 Å². The van der Waals surface area contributed by atoms with E-state index in [2.05, 4.69) is 14.9 Å². The Morgan fingerprint density at radius 2 is 2.10 bits per heavy atom. The number of hydrogen-bond acceptors (Lipinski definition) is 5. The number of H-pyrrole nitrogens is 1. The fourth-order valence-corrected chi connectivity index (χ4v) is 2.35. The van der Waals surface area contributed by atoms with Crippen LogP contribution in [0.4, 0.5) is 0 Å². The van der Waals surface area contributed by atoms with Crippen molar-refractivity contribution in [3.8, 4) is 0 Å². The molecular weight excluding hydrogens is 262 g/mol. The van der Waals surface area contributed by atoms with Gasteiger partial charge in [0.1, 0.15) is 5.56 Å². The Labute approximate surface area is 115 Å². The Hall–Kier alpha value is -2.18. The molecule has 1 aromatic rings. The maximum absolute atomic E-state index is 12.4. The van der Waals surface area contributed by atoms with E-state index >= 15 is 0 Å². The molecule has 0 spiro atoms. The number of ether oxygens (including phenoxy) is 1. The zero-order valence-electron chi connectivity index (χ0n) is 11.7. The predicted molar refractivity (Wildman–Crippen MR) is 70.4 cm³/mol. The van der Waals surface area contributed by atoms with Crippen LogP contribution in [0.2, 0.25) is 0 Å². The van der Waals surface area contributed by atoms with E-state index in [-0.39, 0.29) is 29.9 Å². The third-order valence-corrected chi connectivity index (χ3v) is 3.69. The molecule has 1 atom stereocenters. The van der Waals surface area contributed by atoms with Gasteiger partial charge in [-0.3, -0.25) is 14.4 Å². The Bertz CT molecular complexity index is 608. The minimum absolute atomic E-state index is 0.100. The van der Waals surface area contributed by atoms with Crippen LogP contribution < -0.4 is 5.56 Å². The van der Waals surface area contributed by atoms with Gasteiger partial charge in [-0.15, -0.1) is 0 Å². The molecule has 0 aliphatic carbocycles.